The first-order valence-corrected chi connectivity index (χ1v) is 12.7. The van der Waals surface area contributed by atoms with E-state index < -0.39 is 45.9 Å². The van der Waals surface area contributed by atoms with Gasteiger partial charge in [0.1, 0.15) is 16.3 Å². The number of aryl methyl sites for hydroxylation is 1. The van der Waals surface area contributed by atoms with Gasteiger partial charge in [-0.3, -0.25) is 19.3 Å². The van der Waals surface area contributed by atoms with Gasteiger partial charge in [0.2, 0.25) is 17.7 Å². The average Bonchev–Trinajstić information content (AvgIpc) is 3.10. The molecule has 2 bridgehead atoms. The van der Waals surface area contributed by atoms with Crippen molar-refractivity contribution in [3.8, 4) is 0 Å². The Morgan fingerprint density at radius 2 is 1.34 bits per heavy atom. The quantitative estimate of drug-likeness (QED) is 0.344. The molecule has 7 rings (SSSR count). The van der Waals surface area contributed by atoms with E-state index in [0.29, 0.717) is 5.69 Å². The number of likely N-dealkylation sites (tertiary alicyclic amines) is 1. The van der Waals surface area contributed by atoms with E-state index in [4.69, 9.17) is 23.2 Å². The maximum absolute atomic E-state index is 13.8. The molecule has 0 aromatic heterocycles. The third-order valence-electron chi connectivity index (χ3n) is 7.44. The van der Waals surface area contributed by atoms with Gasteiger partial charge in [-0.2, -0.15) is 0 Å². The van der Waals surface area contributed by atoms with Crippen LogP contribution in [0.3, 0.4) is 0 Å². The standard InChI is InChI=1S/C27H19BrCl2N2O3/c1-14-12-15(28)10-11-20(14)31-21(33)13-32-24(34)22-23(25(32)35)27(30)17-7-3-2-6-16(17)26(22,29)18-8-4-5-9-19(18)27/h2-12,22-23H,13H2,1H3,(H,31,33)/t22-,23-,26?,27?/m1/s1. The fraction of sp³-hybridized carbons (Fsp3) is 0.222. The average molecular weight is 570 g/mol. The summed E-state index contributed by atoms with van der Waals surface area (Å²) in [5.74, 6) is -3.26. The molecule has 2 atom stereocenters. The van der Waals surface area contributed by atoms with Crippen LogP contribution in [0.5, 0.6) is 0 Å². The van der Waals surface area contributed by atoms with Crippen molar-refractivity contribution in [3.63, 3.8) is 0 Å². The molecule has 0 spiro atoms. The molecule has 3 aromatic rings. The molecule has 1 aliphatic heterocycles. The van der Waals surface area contributed by atoms with Crippen LogP contribution >= 0.6 is 39.1 Å². The van der Waals surface area contributed by atoms with Crippen LogP contribution < -0.4 is 5.32 Å². The van der Waals surface area contributed by atoms with E-state index in [9.17, 15) is 14.4 Å². The number of carbonyl (C=O) groups excluding carboxylic acids is 3. The monoisotopic (exact) mass is 568 g/mol. The minimum Gasteiger partial charge on any atom is -0.324 e. The SMILES string of the molecule is Cc1cc(Br)ccc1NC(=O)CN1C(=O)[C@H]2[C@H](C1=O)C1(Cl)c3ccccc3C2(Cl)c2ccccc21. The fourth-order valence-electron chi connectivity index (χ4n) is 5.98. The lowest BCUT2D eigenvalue weighted by atomic mass is 9.54. The van der Waals surface area contributed by atoms with Crippen LogP contribution in [0.2, 0.25) is 0 Å². The molecule has 1 heterocycles. The first kappa shape index (κ1) is 22.8. The molecule has 176 valence electrons. The Labute approximate surface area is 220 Å². The molecular formula is C27H19BrCl2N2O3. The number of alkyl halides is 2. The Hall–Kier alpha value is -2.67. The lowest BCUT2D eigenvalue weighted by Gasteiger charge is -2.54. The molecule has 4 aliphatic rings. The summed E-state index contributed by atoms with van der Waals surface area (Å²) in [6.07, 6.45) is 0. The van der Waals surface area contributed by atoms with Crippen LogP contribution in [0.1, 0.15) is 27.8 Å². The highest BCUT2D eigenvalue weighted by Crippen LogP contribution is 2.69. The van der Waals surface area contributed by atoms with Gasteiger partial charge in [-0.15, -0.1) is 23.2 Å². The van der Waals surface area contributed by atoms with Crippen molar-refractivity contribution in [2.75, 3.05) is 11.9 Å². The summed E-state index contributed by atoms with van der Waals surface area (Å²) in [6.45, 7) is 1.45. The molecular weight excluding hydrogens is 551 g/mol. The summed E-state index contributed by atoms with van der Waals surface area (Å²) in [7, 11) is 0. The number of nitrogens with one attached hydrogen (secondary N) is 1. The Balaban J connectivity index is 1.41. The molecule has 3 aliphatic carbocycles. The number of carbonyl (C=O) groups is 3. The second-order valence-corrected chi connectivity index (χ2v) is 11.3. The summed E-state index contributed by atoms with van der Waals surface area (Å²) < 4.78 is 0.886. The number of amides is 3. The maximum Gasteiger partial charge on any atom is 0.244 e. The Bertz CT molecular complexity index is 1330. The van der Waals surface area contributed by atoms with Crippen LogP contribution in [-0.4, -0.2) is 29.2 Å². The van der Waals surface area contributed by atoms with E-state index in [1.165, 1.54) is 0 Å². The van der Waals surface area contributed by atoms with Gasteiger partial charge < -0.3 is 5.32 Å². The molecule has 8 heteroatoms. The molecule has 1 N–H and O–H groups in total. The first-order chi connectivity index (χ1) is 16.7. The van der Waals surface area contributed by atoms with Gasteiger partial charge in [-0.1, -0.05) is 64.5 Å². The summed E-state index contributed by atoms with van der Waals surface area (Å²) in [6, 6.07) is 20.3. The van der Waals surface area contributed by atoms with Crippen LogP contribution in [0, 0.1) is 18.8 Å². The number of imide groups is 1. The Morgan fingerprint density at radius 3 is 1.77 bits per heavy atom. The van der Waals surface area contributed by atoms with Crippen molar-refractivity contribution in [1.29, 1.82) is 0 Å². The number of nitrogens with zero attached hydrogens (tertiary/aromatic N) is 1. The number of rotatable bonds is 3. The number of hydrogen-bond acceptors (Lipinski definition) is 3. The van der Waals surface area contributed by atoms with Gasteiger partial charge in [-0.25, -0.2) is 0 Å². The van der Waals surface area contributed by atoms with Crippen LogP contribution in [0.15, 0.2) is 71.2 Å². The second-order valence-electron chi connectivity index (χ2n) is 9.24. The van der Waals surface area contributed by atoms with Crippen molar-refractivity contribution in [1.82, 2.24) is 4.90 Å². The van der Waals surface area contributed by atoms with Gasteiger partial charge in [0, 0.05) is 10.2 Å². The minimum absolute atomic E-state index is 0.410. The molecule has 5 nitrogen and oxygen atoms in total. The predicted octanol–water partition coefficient (Wildman–Crippen LogP) is 5.29. The molecule has 0 radical (unpaired) electrons. The highest BCUT2D eigenvalue weighted by molar-refractivity contribution is 9.10. The Kier molecular flexibility index (Phi) is 4.99. The summed E-state index contributed by atoms with van der Waals surface area (Å²) in [4.78, 5) is 39.0. The number of hydrogen-bond donors (Lipinski definition) is 1. The lowest BCUT2D eigenvalue weighted by molar-refractivity contribution is -0.142. The number of benzene rings is 3. The highest BCUT2D eigenvalue weighted by atomic mass is 79.9. The van der Waals surface area contributed by atoms with Crippen LogP contribution in [-0.2, 0) is 24.1 Å². The minimum atomic E-state index is -1.26. The van der Waals surface area contributed by atoms with E-state index in [1.54, 1.807) is 6.07 Å². The third kappa shape index (κ3) is 2.90. The zero-order chi connectivity index (χ0) is 24.7. The van der Waals surface area contributed by atoms with Crippen molar-refractivity contribution >= 4 is 62.5 Å². The second kappa shape index (κ2) is 7.66. The first-order valence-electron chi connectivity index (χ1n) is 11.2. The van der Waals surface area contributed by atoms with Crippen LogP contribution in [0.4, 0.5) is 5.69 Å². The van der Waals surface area contributed by atoms with E-state index in [0.717, 1.165) is 37.2 Å². The molecule has 1 saturated heterocycles. The molecule has 3 amide bonds. The van der Waals surface area contributed by atoms with Gasteiger partial charge >= 0.3 is 0 Å². The normalized spacial score (nSPS) is 27.9. The summed E-state index contributed by atoms with van der Waals surface area (Å²) >= 11 is 18.2. The fourth-order valence-corrected chi connectivity index (χ4v) is 7.55. The van der Waals surface area contributed by atoms with Gasteiger partial charge in [0.15, 0.2) is 0 Å². The zero-order valence-electron chi connectivity index (χ0n) is 18.5. The third-order valence-corrected chi connectivity index (χ3v) is 9.22. The number of halogens is 3. The van der Waals surface area contributed by atoms with Gasteiger partial charge in [0.25, 0.3) is 0 Å². The lowest BCUT2D eigenvalue weighted by Crippen LogP contribution is -2.57. The van der Waals surface area contributed by atoms with Crippen molar-refractivity contribution < 1.29 is 14.4 Å². The molecule has 0 unspecified atom stereocenters. The van der Waals surface area contributed by atoms with Crippen LogP contribution in [0.25, 0.3) is 0 Å². The van der Waals surface area contributed by atoms with E-state index in [1.807, 2.05) is 67.6 Å². The van der Waals surface area contributed by atoms with E-state index in [2.05, 4.69) is 21.2 Å². The highest BCUT2D eigenvalue weighted by Gasteiger charge is 2.73. The topological polar surface area (TPSA) is 66.5 Å². The van der Waals surface area contributed by atoms with E-state index in [-0.39, 0.29) is 0 Å². The molecule has 0 saturated carbocycles. The van der Waals surface area contributed by atoms with Crippen molar-refractivity contribution in [2.24, 2.45) is 11.8 Å². The van der Waals surface area contributed by atoms with Gasteiger partial charge in [0.05, 0.1) is 11.8 Å². The maximum atomic E-state index is 13.8. The molecule has 3 aromatic carbocycles. The van der Waals surface area contributed by atoms with Gasteiger partial charge in [-0.05, 0) is 52.9 Å². The number of anilines is 1. The predicted molar refractivity (Wildman–Crippen MR) is 137 cm³/mol. The molecule has 1 fully saturated rings. The summed E-state index contributed by atoms with van der Waals surface area (Å²) in [5, 5.41) is 2.81. The Morgan fingerprint density at radius 1 is 0.886 bits per heavy atom. The molecule has 35 heavy (non-hydrogen) atoms. The summed E-state index contributed by atoms with van der Waals surface area (Å²) in [5.41, 5.74) is 4.38. The van der Waals surface area contributed by atoms with Crippen molar-refractivity contribution in [3.05, 3.63) is 99.0 Å². The van der Waals surface area contributed by atoms with E-state index >= 15 is 0 Å². The zero-order valence-corrected chi connectivity index (χ0v) is 21.6. The van der Waals surface area contributed by atoms with Crippen molar-refractivity contribution in [2.45, 2.75) is 16.7 Å². The largest absolute Gasteiger partial charge is 0.324 e. The smallest absolute Gasteiger partial charge is 0.244 e.